The van der Waals surface area contributed by atoms with E-state index in [2.05, 4.69) is 0 Å². The number of benzene rings is 3. The molecule has 0 aromatic heterocycles. The predicted octanol–water partition coefficient (Wildman–Crippen LogP) is 6.15. The lowest BCUT2D eigenvalue weighted by atomic mass is 9.88. The van der Waals surface area contributed by atoms with Gasteiger partial charge in [0.1, 0.15) is 19.8 Å². The summed E-state index contributed by atoms with van der Waals surface area (Å²) >= 11 is 0. The van der Waals surface area contributed by atoms with Gasteiger partial charge >= 0.3 is 17.9 Å². The number of rotatable bonds is 13. The largest absolute Gasteiger partial charge is 0.462 e. The molecule has 0 unspecified atom stereocenters. The van der Waals surface area contributed by atoms with Crippen LogP contribution in [0.2, 0.25) is 0 Å². The van der Waals surface area contributed by atoms with E-state index in [9.17, 15) is 14.4 Å². The second-order valence-electron chi connectivity index (χ2n) is 8.91. The summed E-state index contributed by atoms with van der Waals surface area (Å²) in [7, 11) is 0. The molecular formula is C33H32O6. The van der Waals surface area contributed by atoms with Crippen LogP contribution in [0.15, 0.2) is 109 Å². The summed E-state index contributed by atoms with van der Waals surface area (Å²) in [5.41, 5.74) is 1.64. The third-order valence-electron chi connectivity index (χ3n) is 5.95. The first-order valence-electron chi connectivity index (χ1n) is 12.7. The van der Waals surface area contributed by atoms with Crippen molar-refractivity contribution in [2.24, 2.45) is 5.41 Å². The Morgan fingerprint density at radius 1 is 0.538 bits per heavy atom. The Kier molecular flexibility index (Phi) is 11.5. The zero-order chi connectivity index (χ0) is 27.8. The monoisotopic (exact) mass is 524 g/mol. The fourth-order valence-corrected chi connectivity index (χ4v) is 3.43. The third kappa shape index (κ3) is 10.7. The van der Waals surface area contributed by atoms with Gasteiger partial charge in [-0.05, 0) is 41.3 Å². The number of ether oxygens (including phenoxy) is 3. The van der Waals surface area contributed by atoms with Gasteiger partial charge in [-0.2, -0.15) is 0 Å². The van der Waals surface area contributed by atoms with Gasteiger partial charge in [0.25, 0.3) is 0 Å². The van der Waals surface area contributed by atoms with Crippen LogP contribution in [-0.2, 0) is 28.6 Å². The van der Waals surface area contributed by atoms with Crippen LogP contribution >= 0.6 is 0 Å². The molecule has 6 nitrogen and oxygen atoms in total. The molecular weight excluding hydrogens is 492 g/mol. The Balaban J connectivity index is 1.64. The summed E-state index contributed by atoms with van der Waals surface area (Å²) in [5.74, 6) is -1.66. The van der Waals surface area contributed by atoms with Gasteiger partial charge in [0.15, 0.2) is 0 Å². The molecule has 0 aliphatic rings. The van der Waals surface area contributed by atoms with Crippen molar-refractivity contribution in [3.8, 4) is 0 Å². The summed E-state index contributed by atoms with van der Waals surface area (Å²) < 4.78 is 16.5. The van der Waals surface area contributed by atoms with Crippen molar-refractivity contribution in [3.05, 3.63) is 126 Å². The molecule has 0 spiro atoms. The average molecular weight is 525 g/mol. The summed E-state index contributed by atoms with van der Waals surface area (Å²) in [6.07, 6.45) is 9.38. The van der Waals surface area contributed by atoms with E-state index in [1.54, 1.807) is 18.2 Å². The molecule has 3 aromatic carbocycles. The highest BCUT2D eigenvalue weighted by Gasteiger charge is 2.33. The SMILES string of the molecule is CCC(COC(=O)C=Cc1ccccc1)(COC(=O)C=Cc1ccccc1)COC(=O)C=Cc1ccccc1. The molecule has 39 heavy (non-hydrogen) atoms. The molecule has 0 heterocycles. The number of hydrogen-bond acceptors (Lipinski definition) is 6. The fraction of sp³-hybridized carbons (Fsp3) is 0.182. The lowest BCUT2D eigenvalue weighted by molar-refractivity contribution is -0.155. The maximum atomic E-state index is 12.4. The average Bonchev–Trinajstić information content (AvgIpc) is 2.99. The Hall–Kier alpha value is -4.71. The molecule has 0 saturated carbocycles. The van der Waals surface area contributed by atoms with E-state index < -0.39 is 23.3 Å². The van der Waals surface area contributed by atoms with Crippen molar-refractivity contribution in [3.63, 3.8) is 0 Å². The summed E-state index contributed by atoms with van der Waals surface area (Å²) in [4.78, 5) is 37.3. The van der Waals surface area contributed by atoms with Crippen LogP contribution in [0.3, 0.4) is 0 Å². The standard InChI is InChI=1S/C33H32O6/c1-2-33(24-37-30(34)21-18-27-12-6-3-7-13-27,25-38-31(35)22-19-28-14-8-4-9-15-28)26-39-32(36)23-20-29-16-10-5-11-17-29/h3-23H,2,24-26H2,1H3. The van der Waals surface area contributed by atoms with Crippen molar-refractivity contribution < 1.29 is 28.6 Å². The van der Waals surface area contributed by atoms with Crippen LogP contribution in [0, 0.1) is 5.41 Å². The number of carbonyl (C=O) groups is 3. The van der Waals surface area contributed by atoms with Gasteiger partial charge in [0, 0.05) is 18.2 Å². The Morgan fingerprint density at radius 3 is 1.08 bits per heavy atom. The molecule has 0 aliphatic carbocycles. The first kappa shape index (κ1) is 28.9. The lowest BCUT2D eigenvalue weighted by Gasteiger charge is -2.30. The zero-order valence-electron chi connectivity index (χ0n) is 21.9. The molecule has 0 atom stereocenters. The van der Waals surface area contributed by atoms with Crippen LogP contribution in [0.25, 0.3) is 18.2 Å². The second-order valence-corrected chi connectivity index (χ2v) is 8.91. The van der Waals surface area contributed by atoms with Crippen LogP contribution < -0.4 is 0 Å². The Morgan fingerprint density at radius 2 is 0.821 bits per heavy atom. The van der Waals surface area contributed by atoms with E-state index in [-0.39, 0.29) is 19.8 Å². The first-order chi connectivity index (χ1) is 19.0. The van der Waals surface area contributed by atoms with Crippen molar-refractivity contribution in [2.75, 3.05) is 19.8 Å². The van der Waals surface area contributed by atoms with Gasteiger partial charge in [-0.1, -0.05) is 97.9 Å². The van der Waals surface area contributed by atoms with Crippen molar-refractivity contribution in [1.29, 1.82) is 0 Å². The minimum atomic E-state index is -0.928. The van der Waals surface area contributed by atoms with Gasteiger partial charge < -0.3 is 14.2 Å². The van der Waals surface area contributed by atoms with Gasteiger partial charge in [-0.15, -0.1) is 0 Å². The molecule has 0 N–H and O–H groups in total. The second kappa shape index (κ2) is 15.5. The summed E-state index contributed by atoms with van der Waals surface area (Å²) in [6.45, 7) is 1.54. The first-order valence-corrected chi connectivity index (χ1v) is 12.7. The fourth-order valence-electron chi connectivity index (χ4n) is 3.43. The minimum absolute atomic E-state index is 0.104. The molecule has 0 amide bonds. The van der Waals surface area contributed by atoms with Crippen LogP contribution in [0.5, 0.6) is 0 Å². The van der Waals surface area contributed by atoms with E-state index >= 15 is 0 Å². The highest BCUT2D eigenvalue weighted by molar-refractivity contribution is 5.88. The van der Waals surface area contributed by atoms with Crippen LogP contribution in [-0.4, -0.2) is 37.7 Å². The molecule has 0 aliphatic heterocycles. The number of esters is 3. The third-order valence-corrected chi connectivity index (χ3v) is 5.95. The molecule has 3 aromatic rings. The van der Waals surface area contributed by atoms with Crippen LogP contribution in [0.4, 0.5) is 0 Å². The van der Waals surface area contributed by atoms with E-state index in [1.807, 2.05) is 97.9 Å². The topological polar surface area (TPSA) is 78.9 Å². The van der Waals surface area contributed by atoms with Crippen molar-refractivity contribution >= 4 is 36.1 Å². The van der Waals surface area contributed by atoms with Crippen molar-refractivity contribution in [2.45, 2.75) is 13.3 Å². The highest BCUT2D eigenvalue weighted by Crippen LogP contribution is 2.25. The minimum Gasteiger partial charge on any atom is -0.462 e. The summed E-state index contributed by atoms with van der Waals surface area (Å²) in [6, 6.07) is 28.1. The van der Waals surface area contributed by atoms with Crippen LogP contribution in [0.1, 0.15) is 30.0 Å². The number of hydrogen-bond donors (Lipinski definition) is 0. The smallest absolute Gasteiger partial charge is 0.330 e. The van der Waals surface area contributed by atoms with E-state index in [0.717, 1.165) is 16.7 Å². The van der Waals surface area contributed by atoms with Crippen molar-refractivity contribution in [1.82, 2.24) is 0 Å². The van der Waals surface area contributed by atoms with Gasteiger partial charge in [0.2, 0.25) is 0 Å². The Labute approximate surface area is 229 Å². The molecule has 200 valence electrons. The van der Waals surface area contributed by atoms with Gasteiger partial charge in [0.05, 0.1) is 5.41 Å². The Bertz CT molecular complexity index is 1120. The highest BCUT2D eigenvalue weighted by atomic mass is 16.6. The van der Waals surface area contributed by atoms with E-state index in [1.165, 1.54) is 18.2 Å². The lowest BCUT2D eigenvalue weighted by Crippen LogP contribution is -2.38. The maximum absolute atomic E-state index is 12.4. The molecule has 0 saturated heterocycles. The number of carbonyl (C=O) groups excluding carboxylic acids is 3. The summed E-state index contributed by atoms with van der Waals surface area (Å²) in [5, 5.41) is 0. The normalized spacial score (nSPS) is 12.8. The predicted molar refractivity (Wildman–Crippen MR) is 152 cm³/mol. The van der Waals surface area contributed by atoms with Gasteiger partial charge in [-0.25, -0.2) is 14.4 Å². The van der Waals surface area contributed by atoms with E-state index in [4.69, 9.17) is 14.2 Å². The van der Waals surface area contributed by atoms with Gasteiger partial charge in [-0.3, -0.25) is 0 Å². The maximum Gasteiger partial charge on any atom is 0.330 e. The quantitative estimate of drug-likeness (QED) is 0.152. The molecule has 0 fully saturated rings. The zero-order valence-corrected chi connectivity index (χ0v) is 21.9. The molecule has 6 heteroatoms. The molecule has 0 bridgehead atoms. The molecule has 0 radical (unpaired) electrons. The molecule has 3 rings (SSSR count). The van der Waals surface area contributed by atoms with E-state index in [0.29, 0.717) is 6.42 Å².